The molecule has 0 saturated carbocycles. The Morgan fingerprint density at radius 2 is 2.13 bits per heavy atom. The summed E-state index contributed by atoms with van der Waals surface area (Å²) in [5.74, 6) is 1.61. The van der Waals surface area contributed by atoms with Gasteiger partial charge in [0.15, 0.2) is 0 Å². The van der Waals surface area contributed by atoms with Crippen LogP contribution in [0.5, 0.6) is 0 Å². The van der Waals surface area contributed by atoms with E-state index >= 15 is 0 Å². The Kier molecular flexibility index (Phi) is 7.28. The van der Waals surface area contributed by atoms with Crippen molar-refractivity contribution < 1.29 is 5.11 Å². The van der Waals surface area contributed by atoms with E-state index in [1.54, 1.807) is 36.4 Å². The molecule has 1 aromatic carbocycles. The van der Waals surface area contributed by atoms with Crippen LogP contribution in [0.15, 0.2) is 36.9 Å². The van der Waals surface area contributed by atoms with Gasteiger partial charge < -0.3 is 9.67 Å². The molecule has 1 N–H and O–H groups in total. The van der Waals surface area contributed by atoms with Gasteiger partial charge >= 0.3 is 0 Å². The number of hydrogen-bond acceptors (Lipinski definition) is 3. The molecule has 1 atom stereocenters. The zero-order valence-electron chi connectivity index (χ0n) is 13.2. The summed E-state index contributed by atoms with van der Waals surface area (Å²) in [6.45, 7) is 2.60. The van der Waals surface area contributed by atoms with E-state index in [0.29, 0.717) is 27.9 Å². The first-order valence-corrected chi connectivity index (χ1v) is 9.67. The number of aliphatic hydroxyl groups is 1. The van der Waals surface area contributed by atoms with E-state index < -0.39 is 5.60 Å². The largest absolute Gasteiger partial charge is 0.382 e. The summed E-state index contributed by atoms with van der Waals surface area (Å²) in [6.07, 6.45) is 8.83. The van der Waals surface area contributed by atoms with Crippen molar-refractivity contribution in [3.63, 3.8) is 0 Å². The molecule has 2 rings (SSSR count). The van der Waals surface area contributed by atoms with Crippen LogP contribution in [0, 0.1) is 0 Å². The minimum Gasteiger partial charge on any atom is -0.382 e. The van der Waals surface area contributed by atoms with Crippen molar-refractivity contribution in [2.75, 3.05) is 11.5 Å². The third-order valence-electron chi connectivity index (χ3n) is 3.67. The number of unbranched alkanes of at least 4 members (excludes halogenated alkanes) is 2. The van der Waals surface area contributed by atoms with Crippen LogP contribution in [-0.4, -0.2) is 26.2 Å². The molecule has 0 aliphatic heterocycles. The fourth-order valence-electron chi connectivity index (χ4n) is 2.45. The minimum atomic E-state index is -1.06. The third kappa shape index (κ3) is 5.42. The van der Waals surface area contributed by atoms with Crippen LogP contribution in [0.4, 0.5) is 0 Å². The molecule has 1 heterocycles. The van der Waals surface area contributed by atoms with Crippen molar-refractivity contribution in [3.8, 4) is 0 Å². The normalized spacial score (nSPS) is 13.9. The Morgan fingerprint density at radius 3 is 2.78 bits per heavy atom. The molecule has 1 aromatic heterocycles. The summed E-state index contributed by atoms with van der Waals surface area (Å²) >= 11 is 14.1. The monoisotopic (exact) mass is 372 g/mol. The second kappa shape index (κ2) is 8.97. The highest BCUT2D eigenvalue weighted by Gasteiger charge is 2.32. The smallest absolute Gasteiger partial charge is 0.118 e. The number of benzene rings is 1. The molecule has 3 nitrogen and oxygen atoms in total. The first-order chi connectivity index (χ1) is 11.0. The lowest BCUT2D eigenvalue weighted by Crippen LogP contribution is -2.34. The van der Waals surface area contributed by atoms with Gasteiger partial charge in [-0.1, -0.05) is 49.0 Å². The first-order valence-electron chi connectivity index (χ1n) is 7.76. The lowest BCUT2D eigenvalue weighted by Gasteiger charge is -2.30. The van der Waals surface area contributed by atoms with Crippen molar-refractivity contribution in [2.24, 2.45) is 0 Å². The molecule has 0 radical (unpaired) electrons. The molecular formula is C17H22Cl2N2OS. The maximum Gasteiger partial charge on any atom is 0.118 e. The van der Waals surface area contributed by atoms with Gasteiger partial charge in [-0.2, -0.15) is 11.8 Å². The molecule has 23 heavy (non-hydrogen) atoms. The summed E-state index contributed by atoms with van der Waals surface area (Å²) in [5, 5.41) is 12.3. The molecule has 126 valence electrons. The molecule has 0 aliphatic rings. The number of nitrogens with zero attached hydrogens (tertiary/aromatic N) is 2. The highest BCUT2D eigenvalue weighted by molar-refractivity contribution is 7.99. The molecular weight excluding hydrogens is 351 g/mol. The summed E-state index contributed by atoms with van der Waals surface area (Å²) in [4.78, 5) is 4.05. The van der Waals surface area contributed by atoms with E-state index in [2.05, 4.69) is 11.9 Å². The van der Waals surface area contributed by atoms with E-state index in [1.807, 2.05) is 16.8 Å². The van der Waals surface area contributed by atoms with Gasteiger partial charge in [-0.05, 0) is 24.3 Å². The number of rotatable bonds is 9. The molecule has 0 amide bonds. The van der Waals surface area contributed by atoms with Gasteiger partial charge in [0, 0.05) is 33.8 Å². The molecule has 0 fully saturated rings. The fourth-order valence-corrected chi connectivity index (χ4v) is 4.17. The SMILES string of the molecule is CCCCCSCC(O)(Cn1ccnc1)c1ccc(Cl)cc1Cl. The molecule has 0 saturated heterocycles. The predicted octanol–water partition coefficient (Wildman–Crippen LogP) is 5.00. The topological polar surface area (TPSA) is 38.0 Å². The zero-order chi connectivity index (χ0) is 16.7. The highest BCUT2D eigenvalue weighted by Crippen LogP contribution is 2.34. The molecule has 1 unspecified atom stereocenters. The van der Waals surface area contributed by atoms with Crippen LogP contribution in [-0.2, 0) is 12.1 Å². The van der Waals surface area contributed by atoms with Gasteiger partial charge in [0.2, 0.25) is 0 Å². The average Bonchev–Trinajstić information content (AvgIpc) is 2.99. The lowest BCUT2D eigenvalue weighted by atomic mass is 9.95. The van der Waals surface area contributed by atoms with Gasteiger partial charge in [0.25, 0.3) is 0 Å². The standard InChI is InChI=1S/C17H22Cl2N2OS/c1-2-3-4-9-23-12-17(22,11-21-8-7-20-13-21)15-6-5-14(18)10-16(15)19/h5-8,10,13,22H,2-4,9,11-12H2,1H3. The second-order valence-corrected chi connectivity index (χ2v) is 7.60. The van der Waals surface area contributed by atoms with Crippen molar-refractivity contribution in [1.29, 1.82) is 0 Å². The summed E-state index contributed by atoms with van der Waals surface area (Å²) in [7, 11) is 0. The van der Waals surface area contributed by atoms with Crippen LogP contribution in [0.1, 0.15) is 31.7 Å². The minimum absolute atomic E-state index is 0.412. The van der Waals surface area contributed by atoms with Gasteiger partial charge in [0.1, 0.15) is 5.60 Å². The van der Waals surface area contributed by atoms with Gasteiger partial charge in [-0.3, -0.25) is 0 Å². The Hall–Kier alpha value is -0.680. The van der Waals surface area contributed by atoms with Crippen molar-refractivity contribution >= 4 is 35.0 Å². The third-order valence-corrected chi connectivity index (χ3v) is 5.48. The zero-order valence-corrected chi connectivity index (χ0v) is 15.5. The molecule has 2 aromatic rings. The summed E-state index contributed by atoms with van der Waals surface area (Å²) in [6, 6.07) is 5.26. The molecule has 6 heteroatoms. The number of imidazole rings is 1. The Balaban J connectivity index is 2.16. The first kappa shape index (κ1) is 18.7. The van der Waals surface area contributed by atoms with Gasteiger partial charge in [-0.25, -0.2) is 4.98 Å². The van der Waals surface area contributed by atoms with Crippen LogP contribution in [0.2, 0.25) is 10.0 Å². The Bertz CT molecular complexity index is 607. The van der Waals surface area contributed by atoms with E-state index in [4.69, 9.17) is 23.2 Å². The van der Waals surface area contributed by atoms with E-state index in [0.717, 1.165) is 12.2 Å². The van der Waals surface area contributed by atoms with Crippen molar-refractivity contribution in [1.82, 2.24) is 9.55 Å². The van der Waals surface area contributed by atoms with Gasteiger partial charge in [0.05, 0.1) is 12.9 Å². The van der Waals surface area contributed by atoms with E-state index in [1.165, 1.54) is 12.8 Å². The van der Waals surface area contributed by atoms with Crippen LogP contribution in [0.25, 0.3) is 0 Å². The van der Waals surface area contributed by atoms with E-state index in [-0.39, 0.29) is 0 Å². The average molecular weight is 373 g/mol. The number of halogens is 2. The van der Waals surface area contributed by atoms with Crippen molar-refractivity contribution in [3.05, 3.63) is 52.5 Å². The number of aromatic nitrogens is 2. The lowest BCUT2D eigenvalue weighted by molar-refractivity contribution is 0.0435. The summed E-state index contributed by atoms with van der Waals surface area (Å²) < 4.78 is 1.87. The summed E-state index contributed by atoms with van der Waals surface area (Å²) in [5.41, 5.74) is -0.348. The fraction of sp³-hybridized carbons (Fsp3) is 0.471. The second-order valence-electron chi connectivity index (χ2n) is 5.65. The van der Waals surface area contributed by atoms with Crippen LogP contribution < -0.4 is 0 Å². The quantitative estimate of drug-likeness (QED) is 0.629. The maximum atomic E-state index is 11.3. The van der Waals surface area contributed by atoms with Crippen LogP contribution >= 0.6 is 35.0 Å². The van der Waals surface area contributed by atoms with E-state index in [9.17, 15) is 5.11 Å². The van der Waals surface area contributed by atoms with Crippen LogP contribution in [0.3, 0.4) is 0 Å². The highest BCUT2D eigenvalue weighted by atomic mass is 35.5. The van der Waals surface area contributed by atoms with Crippen molar-refractivity contribution in [2.45, 2.75) is 38.3 Å². The Morgan fingerprint density at radius 1 is 1.30 bits per heavy atom. The Labute approximate surface area is 152 Å². The molecule has 0 bridgehead atoms. The molecule has 0 spiro atoms. The number of hydrogen-bond donors (Lipinski definition) is 1. The van der Waals surface area contributed by atoms with Gasteiger partial charge in [-0.15, -0.1) is 0 Å². The molecule has 0 aliphatic carbocycles. The predicted molar refractivity (Wildman–Crippen MR) is 99.4 cm³/mol. The maximum absolute atomic E-state index is 11.3. The number of thioether (sulfide) groups is 1.